The van der Waals surface area contributed by atoms with Gasteiger partial charge in [0.25, 0.3) is 0 Å². The lowest BCUT2D eigenvalue weighted by Gasteiger charge is -2.11. The minimum atomic E-state index is -3.11. The Morgan fingerprint density at radius 2 is 1.96 bits per heavy atom. The van der Waals surface area contributed by atoms with Gasteiger partial charge in [0.15, 0.2) is 9.84 Å². The fourth-order valence-electron chi connectivity index (χ4n) is 3.13. The molecule has 0 unspecified atom stereocenters. The van der Waals surface area contributed by atoms with E-state index in [9.17, 15) is 8.42 Å². The second kappa shape index (κ2) is 6.37. The van der Waals surface area contributed by atoms with Gasteiger partial charge in [-0.1, -0.05) is 36.4 Å². The summed E-state index contributed by atoms with van der Waals surface area (Å²) in [7, 11) is -3.11. The van der Waals surface area contributed by atoms with Crippen molar-refractivity contribution in [1.29, 1.82) is 0 Å². The fourth-order valence-corrected chi connectivity index (χ4v) is 4.71. The third kappa shape index (κ3) is 3.30. The molecular formula is C19H19N3O2S. The highest BCUT2D eigenvalue weighted by Gasteiger charge is 2.26. The summed E-state index contributed by atoms with van der Waals surface area (Å²) in [6, 6.07) is 15.8. The van der Waals surface area contributed by atoms with Gasteiger partial charge in [-0.15, -0.1) is 0 Å². The summed E-state index contributed by atoms with van der Waals surface area (Å²) in [5.41, 5.74) is 2.93. The monoisotopic (exact) mass is 353 g/mol. The van der Waals surface area contributed by atoms with E-state index in [2.05, 4.69) is 27.0 Å². The summed E-state index contributed by atoms with van der Waals surface area (Å²) in [4.78, 5) is 4.87. The maximum absolute atomic E-state index is 12.1. The van der Waals surface area contributed by atoms with Crippen LogP contribution in [-0.2, 0) is 29.3 Å². The Kier molecular flexibility index (Phi) is 4.05. The first kappa shape index (κ1) is 15.9. The molecule has 0 radical (unpaired) electrons. The second-order valence-corrected chi connectivity index (χ2v) is 8.28. The van der Waals surface area contributed by atoms with E-state index in [4.69, 9.17) is 0 Å². The van der Waals surface area contributed by atoms with Gasteiger partial charge in [-0.3, -0.25) is 0 Å². The van der Waals surface area contributed by atoms with Crippen molar-refractivity contribution in [2.45, 2.75) is 24.4 Å². The molecule has 1 aromatic heterocycles. The number of hydrogen-bond acceptors (Lipinski definition) is 4. The average Bonchev–Trinajstić information content (AvgIpc) is 3.18. The van der Waals surface area contributed by atoms with E-state index in [-0.39, 0.29) is 5.75 Å². The van der Waals surface area contributed by atoms with E-state index in [0.29, 0.717) is 17.9 Å². The number of benzene rings is 2. The zero-order valence-electron chi connectivity index (χ0n) is 13.7. The first-order chi connectivity index (χ1) is 12.1. The lowest BCUT2D eigenvalue weighted by molar-refractivity contribution is 0.600. The molecule has 2 heterocycles. The number of aromatic nitrogens is 2. The van der Waals surface area contributed by atoms with Gasteiger partial charge in [0.1, 0.15) is 5.82 Å². The molecule has 2 aromatic carbocycles. The van der Waals surface area contributed by atoms with Crippen LogP contribution in [0.2, 0.25) is 0 Å². The van der Waals surface area contributed by atoms with E-state index in [1.807, 2.05) is 36.5 Å². The van der Waals surface area contributed by atoms with Gasteiger partial charge < -0.3 is 9.88 Å². The van der Waals surface area contributed by atoms with Crippen LogP contribution in [0.4, 0.5) is 5.69 Å². The molecule has 0 atom stereocenters. The van der Waals surface area contributed by atoms with Crippen LogP contribution in [0.3, 0.4) is 0 Å². The Hall–Kier alpha value is -2.60. The van der Waals surface area contributed by atoms with Crippen molar-refractivity contribution in [2.24, 2.45) is 0 Å². The molecule has 1 aliphatic heterocycles. The summed E-state index contributed by atoms with van der Waals surface area (Å²) < 4.78 is 26.2. The van der Waals surface area contributed by atoms with Crippen LogP contribution < -0.4 is 5.32 Å². The molecule has 1 aliphatic rings. The molecule has 0 spiro atoms. The third-order valence-electron chi connectivity index (χ3n) is 4.49. The van der Waals surface area contributed by atoms with Crippen molar-refractivity contribution in [3.63, 3.8) is 0 Å². The Bertz CT molecular complexity index is 995. The van der Waals surface area contributed by atoms with Crippen LogP contribution in [0.25, 0.3) is 0 Å². The Morgan fingerprint density at radius 1 is 1.12 bits per heavy atom. The number of sulfone groups is 1. The van der Waals surface area contributed by atoms with Crippen LogP contribution in [0.15, 0.2) is 65.8 Å². The number of nitrogens with zero attached hydrogens (tertiary/aromatic N) is 2. The highest BCUT2D eigenvalue weighted by molar-refractivity contribution is 7.91. The van der Waals surface area contributed by atoms with Gasteiger partial charge in [-0.05, 0) is 29.7 Å². The molecule has 0 saturated carbocycles. The predicted octanol–water partition coefficient (Wildman–Crippen LogP) is 2.87. The quantitative estimate of drug-likeness (QED) is 0.766. The van der Waals surface area contributed by atoms with Gasteiger partial charge in [0.05, 0.1) is 17.2 Å². The van der Waals surface area contributed by atoms with Crippen molar-refractivity contribution < 1.29 is 8.42 Å². The molecule has 4 rings (SSSR count). The van der Waals surface area contributed by atoms with Gasteiger partial charge >= 0.3 is 0 Å². The topological polar surface area (TPSA) is 64.0 Å². The number of imidazole rings is 1. The normalized spacial score (nSPS) is 15.0. The largest absolute Gasteiger partial charge is 0.378 e. The molecule has 0 fully saturated rings. The molecular weight excluding hydrogens is 334 g/mol. The highest BCUT2D eigenvalue weighted by Crippen LogP contribution is 2.28. The van der Waals surface area contributed by atoms with Gasteiger partial charge in [-0.25, -0.2) is 13.4 Å². The zero-order chi connectivity index (χ0) is 17.3. The highest BCUT2D eigenvalue weighted by atomic mass is 32.2. The first-order valence-corrected chi connectivity index (χ1v) is 9.90. The molecule has 25 heavy (non-hydrogen) atoms. The summed E-state index contributed by atoms with van der Waals surface area (Å²) in [6.07, 6.45) is 4.35. The number of aryl methyl sites for hydroxylation is 1. The average molecular weight is 353 g/mol. The van der Waals surface area contributed by atoms with E-state index in [1.54, 1.807) is 12.3 Å². The van der Waals surface area contributed by atoms with E-state index in [1.165, 1.54) is 5.56 Å². The molecule has 3 aromatic rings. The van der Waals surface area contributed by atoms with Crippen LogP contribution in [0, 0.1) is 0 Å². The summed E-state index contributed by atoms with van der Waals surface area (Å²) in [5, 5.41) is 3.29. The van der Waals surface area contributed by atoms with Crippen LogP contribution in [0.5, 0.6) is 0 Å². The van der Waals surface area contributed by atoms with Crippen LogP contribution in [0.1, 0.15) is 17.0 Å². The Labute approximate surface area is 147 Å². The van der Waals surface area contributed by atoms with Gasteiger partial charge in [0.2, 0.25) is 0 Å². The summed E-state index contributed by atoms with van der Waals surface area (Å²) in [5.74, 6) is 1.12. The zero-order valence-corrected chi connectivity index (χ0v) is 14.5. The number of fused-ring (bicyclic) bond motifs is 1. The lowest BCUT2D eigenvalue weighted by atomic mass is 10.1. The first-order valence-electron chi connectivity index (χ1n) is 8.25. The smallest absolute Gasteiger partial charge is 0.179 e. The summed E-state index contributed by atoms with van der Waals surface area (Å²) >= 11 is 0. The van der Waals surface area contributed by atoms with Gasteiger partial charge in [0, 0.05) is 24.6 Å². The molecule has 0 bridgehead atoms. The van der Waals surface area contributed by atoms with E-state index >= 15 is 0 Å². The van der Waals surface area contributed by atoms with Crippen LogP contribution in [-0.4, -0.2) is 23.7 Å². The minimum Gasteiger partial charge on any atom is -0.378 e. The molecule has 6 heteroatoms. The van der Waals surface area contributed by atoms with E-state index < -0.39 is 9.84 Å². The fraction of sp³-hybridized carbons (Fsp3) is 0.211. The van der Waals surface area contributed by atoms with Crippen molar-refractivity contribution >= 4 is 15.5 Å². The molecule has 1 N–H and O–H groups in total. The van der Waals surface area contributed by atoms with Crippen molar-refractivity contribution in [3.8, 4) is 0 Å². The number of anilines is 1. The maximum Gasteiger partial charge on any atom is 0.179 e. The van der Waals surface area contributed by atoms with Crippen molar-refractivity contribution in [1.82, 2.24) is 9.55 Å². The molecule has 5 nitrogen and oxygen atoms in total. The summed E-state index contributed by atoms with van der Waals surface area (Å²) in [6.45, 7) is 1.30. The standard InChI is InChI=1S/C19H19N3O2S/c23-25(24)11-8-16-6-7-17(12-18(16)25)21-13-19-20-9-10-22(19)14-15-4-2-1-3-5-15/h1-7,9-10,12,21H,8,11,13-14H2. The lowest BCUT2D eigenvalue weighted by Crippen LogP contribution is -2.09. The Morgan fingerprint density at radius 3 is 2.80 bits per heavy atom. The number of rotatable bonds is 5. The van der Waals surface area contributed by atoms with Crippen molar-refractivity contribution in [3.05, 3.63) is 77.9 Å². The molecule has 0 saturated heterocycles. The van der Waals surface area contributed by atoms with Crippen LogP contribution >= 0.6 is 0 Å². The molecule has 0 amide bonds. The second-order valence-electron chi connectivity index (χ2n) is 6.20. The number of nitrogens with one attached hydrogen (secondary N) is 1. The third-order valence-corrected chi connectivity index (χ3v) is 6.28. The van der Waals surface area contributed by atoms with E-state index in [0.717, 1.165) is 23.6 Å². The molecule has 128 valence electrons. The van der Waals surface area contributed by atoms with Crippen molar-refractivity contribution in [2.75, 3.05) is 11.1 Å². The minimum absolute atomic E-state index is 0.216. The SMILES string of the molecule is O=S1(=O)CCc2ccc(NCc3nccn3Cc3ccccc3)cc21. The maximum atomic E-state index is 12.1. The predicted molar refractivity (Wildman–Crippen MR) is 97.3 cm³/mol. The number of hydrogen-bond donors (Lipinski definition) is 1. The van der Waals surface area contributed by atoms with Gasteiger partial charge in [-0.2, -0.15) is 0 Å². The molecule has 0 aliphatic carbocycles. The Balaban J connectivity index is 1.49.